The van der Waals surface area contributed by atoms with Crippen LogP contribution >= 0.6 is 0 Å². The Morgan fingerprint density at radius 1 is 1.44 bits per heavy atom. The third-order valence-corrected chi connectivity index (χ3v) is 2.86. The van der Waals surface area contributed by atoms with Gasteiger partial charge >= 0.3 is 0 Å². The zero-order valence-corrected chi connectivity index (χ0v) is 8.74. The number of nitriles is 1. The topological polar surface area (TPSA) is 36.7 Å². The van der Waals surface area contributed by atoms with Crippen LogP contribution < -0.4 is 0 Å². The van der Waals surface area contributed by atoms with E-state index in [1.54, 1.807) is 6.07 Å². The summed E-state index contributed by atoms with van der Waals surface area (Å²) in [6.45, 7) is 0. The Morgan fingerprint density at radius 2 is 2.19 bits per heavy atom. The average Bonchev–Trinajstić information content (AvgIpc) is 3.10. The summed E-state index contributed by atoms with van der Waals surface area (Å²) in [6, 6.07) is 5.10. The molecule has 1 unspecified atom stereocenters. The fourth-order valence-corrected chi connectivity index (χ4v) is 1.70. The first kappa shape index (κ1) is 11.0. The van der Waals surface area contributed by atoms with Gasteiger partial charge in [0.25, 0.3) is 6.43 Å². The standard InChI is InChI=1S/C12H12F2N2/c13-12(14)11-4-3-9(7-16-11)10(6-15)5-8-1-2-8/h3-4,7-8,10,12H,1-2,5H2. The predicted octanol–water partition coefficient (Wildman–Crippen LogP) is 3.43. The maximum atomic E-state index is 12.3. The van der Waals surface area contributed by atoms with Gasteiger partial charge in [-0.15, -0.1) is 0 Å². The highest BCUT2D eigenvalue weighted by Crippen LogP contribution is 2.38. The highest BCUT2D eigenvalue weighted by atomic mass is 19.3. The van der Waals surface area contributed by atoms with Crippen molar-refractivity contribution >= 4 is 0 Å². The Hall–Kier alpha value is -1.50. The highest BCUT2D eigenvalue weighted by Gasteiger charge is 2.26. The van der Waals surface area contributed by atoms with Crippen LogP contribution in [0.2, 0.25) is 0 Å². The van der Waals surface area contributed by atoms with Gasteiger partial charge in [-0.05, 0) is 24.0 Å². The number of hydrogen-bond acceptors (Lipinski definition) is 2. The molecule has 84 valence electrons. The number of rotatable bonds is 4. The molecule has 0 amide bonds. The lowest BCUT2D eigenvalue weighted by atomic mass is 9.96. The van der Waals surface area contributed by atoms with Crippen LogP contribution in [0.15, 0.2) is 18.3 Å². The number of hydrogen-bond donors (Lipinski definition) is 0. The fraction of sp³-hybridized carbons (Fsp3) is 0.500. The van der Waals surface area contributed by atoms with Crippen LogP contribution in [-0.4, -0.2) is 4.98 Å². The minimum Gasteiger partial charge on any atom is -0.255 e. The lowest BCUT2D eigenvalue weighted by molar-refractivity contribution is 0.146. The molecule has 0 aromatic carbocycles. The monoisotopic (exact) mass is 222 g/mol. The van der Waals surface area contributed by atoms with Crippen molar-refractivity contribution in [2.75, 3.05) is 0 Å². The Kier molecular flexibility index (Phi) is 3.14. The van der Waals surface area contributed by atoms with Crippen molar-refractivity contribution in [1.29, 1.82) is 5.26 Å². The second-order valence-corrected chi connectivity index (χ2v) is 4.18. The third kappa shape index (κ3) is 2.54. The zero-order chi connectivity index (χ0) is 11.5. The Balaban J connectivity index is 2.09. The molecule has 0 aliphatic heterocycles. The van der Waals surface area contributed by atoms with Gasteiger partial charge in [-0.3, -0.25) is 4.98 Å². The molecular formula is C12H12F2N2. The van der Waals surface area contributed by atoms with Gasteiger partial charge in [0.1, 0.15) is 5.69 Å². The van der Waals surface area contributed by atoms with E-state index in [1.807, 2.05) is 0 Å². The summed E-state index contributed by atoms with van der Waals surface area (Å²) in [6.07, 6.45) is 2.05. The van der Waals surface area contributed by atoms with Gasteiger partial charge in [-0.2, -0.15) is 5.26 Å². The summed E-state index contributed by atoms with van der Waals surface area (Å²) in [5.41, 5.74) is 0.519. The molecule has 0 saturated heterocycles. The summed E-state index contributed by atoms with van der Waals surface area (Å²) in [5, 5.41) is 9.01. The maximum absolute atomic E-state index is 12.3. The van der Waals surface area contributed by atoms with Crippen molar-refractivity contribution in [2.24, 2.45) is 5.92 Å². The van der Waals surface area contributed by atoms with Gasteiger partial charge in [0, 0.05) is 6.20 Å². The van der Waals surface area contributed by atoms with E-state index in [0.29, 0.717) is 5.92 Å². The molecule has 1 atom stereocenters. The molecule has 1 aliphatic carbocycles. The number of aromatic nitrogens is 1. The smallest absolute Gasteiger partial charge is 0.255 e. The average molecular weight is 222 g/mol. The molecule has 4 heteroatoms. The molecule has 1 aliphatic rings. The molecule has 2 nitrogen and oxygen atoms in total. The van der Waals surface area contributed by atoms with E-state index in [4.69, 9.17) is 5.26 Å². The predicted molar refractivity (Wildman–Crippen MR) is 54.9 cm³/mol. The molecule has 1 fully saturated rings. The SMILES string of the molecule is N#CC(CC1CC1)c1ccc(C(F)F)nc1. The van der Waals surface area contributed by atoms with Crippen molar-refractivity contribution in [3.05, 3.63) is 29.6 Å². The summed E-state index contributed by atoms with van der Waals surface area (Å²) < 4.78 is 24.5. The van der Waals surface area contributed by atoms with E-state index in [1.165, 1.54) is 25.1 Å². The third-order valence-electron chi connectivity index (χ3n) is 2.86. The normalized spacial score (nSPS) is 17.1. The number of halogens is 2. The molecule has 1 heterocycles. The van der Waals surface area contributed by atoms with Crippen molar-refractivity contribution in [3.63, 3.8) is 0 Å². The van der Waals surface area contributed by atoms with Gasteiger partial charge in [0.05, 0.1) is 12.0 Å². The van der Waals surface area contributed by atoms with E-state index < -0.39 is 6.43 Å². The molecule has 0 spiro atoms. The van der Waals surface area contributed by atoms with Gasteiger partial charge in [-0.25, -0.2) is 8.78 Å². The minimum atomic E-state index is -2.54. The second kappa shape index (κ2) is 4.56. The maximum Gasteiger partial charge on any atom is 0.280 e. The van der Waals surface area contributed by atoms with Crippen LogP contribution in [0.25, 0.3) is 0 Å². The largest absolute Gasteiger partial charge is 0.280 e. The first-order valence-electron chi connectivity index (χ1n) is 5.34. The van der Waals surface area contributed by atoms with E-state index in [0.717, 1.165) is 12.0 Å². The van der Waals surface area contributed by atoms with Crippen LogP contribution in [0.1, 0.15) is 42.9 Å². The Bertz CT molecular complexity index is 390. The van der Waals surface area contributed by atoms with Crippen LogP contribution in [0.5, 0.6) is 0 Å². The van der Waals surface area contributed by atoms with Crippen molar-refractivity contribution < 1.29 is 8.78 Å². The van der Waals surface area contributed by atoms with E-state index in [2.05, 4.69) is 11.1 Å². The molecule has 1 aromatic heterocycles. The molecular weight excluding hydrogens is 210 g/mol. The van der Waals surface area contributed by atoms with Crippen molar-refractivity contribution in [3.8, 4) is 6.07 Å². The number of alkyl halides is 2. The first-order chi connectivity index (χ1) is 7.70. The molecule has 16 heavy (non-hydrogen) atoms. The van der Waals surface area contributed by atoms with Crippen LogP contribution in [0.3, 0.4) is 0 Å². The fourth-order valence-electron chi connectivity index (χ4n) is 1.70. The summed E-state index contributed by atoms with van der Waals surface area (Å²) in [7, 11) is 0. The van der Waals surface area contributed by atoms with E-state index in [9.17, 15) is 8.78 Å². The summed E-state index contributed by atoms with van der Waals surface area (Å²) in [4.78, 5) is 3.67. The van der Waals surface area contributed by atoms with Gasteiger partial charge in [0.15, 0.2) is 0 Å². The molecule has 0 bridgehead atoms. The van der Waals surface area contributed by atoms with Gasteiger partial charge in [-0.1, -0.05) is 18.9 Å². The molecule has 0 N–H and O–H groups in total. The summed E-state index contributed by atoms with van der Waals surface area (Å²) in [5.74, 6) is 0.436. The number of pyridine rings is 1. The van der Waals surface area contributed by atoms with Crippen molar-refractivity contribution in [1.82, 2.24) is 4.98 Å². The van der Waals surface area contributed by atoms with Crippen LogP contribution in [0, 0.1) is 17.2 Å². The number of nitrogens with zero attached hydrogens (tertiary/aromatic N) is 2. The highest BCUT2D eigenvalue weighted by molar-refractivity contribution is 5.24. The van der Waals surface area contributed by atoms with E-state index >= 15 is 0 Å². The Labute approximate surface area is 92.9 Å². The molecule has 0 radical (unpaired) electrons. The van der Waals surface area contributed by atoms with Gasteiger partial charge in [0.2, 0.25) is 0 Å². The van der Waals surface area contributed by atoms with Crippen LogP contribution in [0.4, 0.5) is 8.78 Å². The zero-order valence-electron chi connectivity index (χ0n) is 8.74. The van der Waals surface area contributed by atoms with Crippen molar-refractivity contribution in [2.45, 2.75) is 31.6 Å². The first-order valence-corrected chi connectivity index (χ1v) is 5.34. The van der Waals surface area contributed by atoms with E-state index in [-0.39, 0.29) is 11.6 Å². The van der Waals surface area contributed by atoms with Crippen LogP contribution in [-0.2, 0) is 0 Å². The molecule has 1 aromatic rings. The quantitative estimate of drug-likeness (QED) is 0.782. The summed E-state index contributed by atoms with van der Waals surface area (Å²) >= 11 is 0. The molecule has 1 saturated carbocycles. The lowest BCUT2D eigenvalue weighted by Crippen LogP contribution is -1.99. The Morgan fingerprint density at radius 3 is 2.62 bits per heavy atom. The lowest BCUT2D eigenvalue weighted by Gasteiger charge is -2.08. The van der Waals surface area contributed by atoms with Gasteiger partial charge < -0.3 is 0 Å². The molecule has 2 rings (SSSR count). The second-order valence-electron chi connectivity index (χ2n) is 4.18. The minimum absolute atomic E-state index is 0.202.